The Balaban J connectivity index is 1.26. The van der Waals surface area contributed by atoms with Gasteiger partial charge in [0.1, 0.15) is 0 Å². The molecule has 2 amide bonds. The van der Waals surface area contributed by atoms with Crippen LogP contribution in [0.4, 0.5) is 0 Å². The van der Waals surface area contributed by atoms with E-state index in [4.69, 9.17) is 0 Å². The van der Waals surface area contributed by atoms with E-state index in [2.05, 4.69) is 35.0 Å². The van der Waals surface area contributed by atoms with Crippen molar-refractivity contribution in [2.24, 2.45) is 5.92 Å². The molecule has 5 rings (SSSR count). The Morgan fingerprint density at radius 2 is 2.15 bits per heavy atom. The zero-order valence-corrected chi connectivity index (χ0v) is 16.0. The van der Waals surface area contributed by atoms with Crippen LogP contribution in [0.3, 0.4) is 0 Å². The molecule has 1 N–H and O–H groups in total. The Labute approximate surface area is 159 Å². The number of nitrogens with zero attached hydrogens (tertiary/aromatic N) is 2. The van der Waals surface area contributed by atoms with E-state index in [0.717, 1.165) is 32.2 Å². The Kier molecular flexibility index (Phi) is 3.99. The zero-order valence-electron chi connectivity index (χ0n) is 16.0. The second-order valence-corrected chi connectivity index (χ2v) is 8.35. The van der Waals surface area contributed by atoms with Crippen LogP contribution in [0.2, 0.25) is 0 Å². The Hall–Kier alpha value is -2.30. The summed E-state index contributed by atoms with van der Waals surface area (Å²) in [7, 11) is 0. The van der Waals surface area contributed by atoms with Crippen molar-refractivity contribution in [3.63, 3.8) is 0 Å². The van der Waals surface area contributed by atoms with Gasteiger partial charge in [0, 0.05) is 43.2 Å². The number of rotatable bonds is 5. The number of aryl methyl sites for hydroxylation is 2. The van der Waals surface area contributed by atoms with Gasteiger partial charge in [-0.25, -0.2) is 0 Å². The summed E-state index contributed by atoms with van der Waals surface area (Å²) in [6.07, 6.45) is 5.79. The van der Waals surface area contributed by atoms with Gasteiger partial charge in [-0.05, 0) is 50.2 Å². The Morgan fingerprint density at radius 3 is 2.96 bits per heavy atom. The molecule has 0 unspecified atom stereocenters. The van der Waals surface area contributed by atoms with Crippen molar-refractivity contribution in [2.45, 2.75) is 58.0 Å². The monoisotopic (exact) mass is 365 g/mol. The van der Waals surface area contributed by atoms with Gasteiger partial charge in [0.2, 0.25) is 11.8 Å². The largest absolute Gasteiger partial charge is 0.355 e. The molecule has 1 aromatic carbocycles. The van der Waals surface area contributed by atoms with Crippen molar-refractivity contribution in [1.82, 2.24) is 14.8 Å². The number of amides is 2. The molecular weight excluding hydrogens is 338 g/mol. The van der Waals surface area contributed by atoms with Gasteiger partial charge in [-0.1, -0.05) is 18.2 Å². The van der Waals surface area contributed by atoms with Gasteiger partial charge in [0.15, 0.2) is 0 Å². The van der Waals surface area contributed by atoms with E-state index in [1.807, 2.05) is 4.90 Å². The maximum absolute atomic E-state index is 12.5. The predicted molar refractivity (Wildman–Crippen MR) is 105 cm³/mol. The molecule has 27 heavy (non-hydrogen) atoms. The molecular formula is C22H27N3O2. The lowest BCUT2D eigenvalue weighted by Crippen LogP contribution is -2.34. The number of benzene rings is 1. The smallest absolute Gasteiger partial charge is 0.225 e. The molecule has 3 heterocycles. The van der Waals surface area contributed by atoms with Crippen LogP contribution in [0, 0.1) is 12.8 Å². The molecule has 1 saturated heterocycles. The first-order chi connectivity index (χ1) is 13.1. The fourth-order valence-corrected chi connectivity index (χ4v) is 5.00. The topological polar surface area (TPSA) is 54.3 Å². The number of hydrogen-bond acceptors (Lipinski definition) is 2. The van der Waals surface area contributed by atoms with Crippen LogP contribution in [-0.4, -0.2) is 40.4 Å². The molecule has 3 aliphatic rings. The van der Waals surface area contributed by atoms with Crippen molar-refractivity contribution >= 4 is 22.7 Å². The number of aromatic nitrogens is 1. The van der Waals surface area contributed by atoms with Crippen LogP contribution in [0.5, 0.6) is 0 Å². The summed E-state index contributed by atoms with van der Waals surface area (Å²) < 4.78 is 2.45. The summed E-state index contributed by atoms with van der Waals surface area (Å²) in [5, 5.41) is 4.44. The maximum atomic E-state index is 12.5. The first kappa shape index (κ1) is 16.8. The molecule has 0 radical (unpaired) electrons. The highest BCUT2D eigenvalue weighted by molar-refractivity contribution is 5.90. The lowest BCUT2D eigenvalue weighted by molar-refractivity contribution is -0.129. The summed E-state index contributed by atoms with van der Waals surface area (Å²) in [5.74, 6) is 0.0228. The SMILES string of the molecule is Cc1c(CCNC(=O)[C@H]2CC(=O)N(C3CC3)C2)c2cccc3c2n1CCC3. The van der Waals surface area contributed by atoms with Gasteiger partial charge in [0.05, 0.1) is 11.4 Å². The summed E-state index contributed by atoms with van der Waals surface area (Å²) in [4.78, 5) is 26.5. The van der Waals surface area contributed by atoms with E-state index in [0.29, 0.717) is 25.6 Å². The van der Waals surface area contributed by atoms with Gasteiger partial charge >= 0.3 is 0 Å². The van der Waals surface area contributed by atoms with Gasteiger partial charge < -0.3 is 14.8 Å². The first-order valence-electron chi connectivity index (χ1n) is 10.3. The fourth-order valence-electron chi connectivity index (χ4n) is 5.00. The van der Waals surface area contributed by atoms with E-state index in [-0.39, 0.29) is 17.7 Å². The number of nitrogens with one attached hydrogen (secondary N) is 1. The molecule has 1 saturated carbocycles. The van der Waals surface area contributed by atoms with Crippen LogP contribution in [0.15, 0.2) is 18.2 Å². The van der Waals surface area contributed by atoms with E-state index in [1.165, 1.54) is 34.1 Å². The van der Waals surface area contributed by atoms with Gasteiger partial charge in [0.25, 0.3) is 0 Å². The zero-order chi connectivity index (χ0) is 18.5. The number of carbonyl (C=O) groups is 2. The number of carbonyl (C=O) groups excluding carboxylic acids is 2. The van der Waals surface area contributed by atoms with Gasteiger partial charge in [-0.2, -0.15) is 0 Å². The highest BCUT2D eigenvalue weighted by Crippen LogP contribution is 2.34. The third kappa shape index (κ3) is 2.84. The second kappa shape index (κ2) is 6.39. The summed E-state index contributed by atoms with van der Waals surface area (Å²) in [6, 6.07) is 7.03. The lowest BCUT2D eigenvalue weighted by atomic mass is 10.0. The third-order valence-electron chi connectivity index (χ3n) is 6.58. The summed E-state index contributed by atoms with van der Waals surface area (Å²) >= 11 is 0. The van der Waals surface area contributed by atoms with Crippen molar-refractivity contribution in [2.75, 3.05) is 13.1 Å². The van der Waals surface area contributed by atoms with E-state index >= 15 is 0 Å². The number of hydrogen-bond donors (Lipinski definition) is 1. The average Bonchev–Trinajstić information content (AvgIpc) is 3.39. The number of likely N-dealkylation sites (tertiary alicyclic amines) is 1. The third-order valence-corrected chi connectivity index (χ3v) is 6.58. The minimum absolute atomic E-state index is 0.0397. The van der Waals surface area contributed by atoms with Crippen LogP contribution in [0.1, 0.15) is 42.5 Å². The van der Waals surface area contributed by atoms with Gasteiger partial charge in [-0.3, -0.25) is 9.59 Å². The molecule has 5 nitrogen and oxygen atoms in total. The quantitative estimate of drug-likeness (QED) is 0.885. The average molecular weight is 365 g/mol. The van der Waals surface area contributed by atoms with E-state index in [9.17, 15) is 9.59 Å². The minimum atomic E-state index is -0.172. The lowest BCUT2D eigenvalue weighted by Gasteiger charge is -2.16. The maximum Gasteiger partial charge on any atom is 0.225 e. The van der Waals surface area contributed by atoms with Crippen molar-refractivity contribution in [1.29, 1.82) is 0 Å². The first-order valence-corrected chi connectivity index (χ1v) is 10.3. The molecule has 1 atom stereocenters. The Bertz CT molecular complexity index is 925. The molecule has 0 bridgehead atoms. The Morgan fingerprint density at radius 1 is 1.30 bits per heavy atom. The van der Waals surface area contributed by atoms with Crippen LogP contribution in [0.25, 0.3) is 10.9 Å². The van der Waals surface area contributed by atoms with Crippen LogP contribution >= 0.6 is 0 Å². The highest BCUT2D eigenvalue weighted by Gasteiger charge is 2.41. The normalized spacial score (nSPS) is 21.9. The minimum Gasteiger partial charge on any atom is -0.355 e. The molecule has 2 aromatic rings. The fraction of sp³-hybridized carbons (Fsp3) is 0.545. The molecule has 2 aliphatic heterocycles. The summed E-state index contributed by atoms with van der Waals surface area (Å²) in [6.45, 7) is 4.54. The van der Waals surface area contributed by atoms with Crippen molar-refractivity contribution in [3.8, 4) is 0 Å². The second-order valence-electron chi connectivity index (χ2n) is 8.35. The highest BCUT2D eigenvalue weighted by atomic mass is 16.2. The molecule has 5 heteroatoms. The number of para-hydroxylation sites is 1. The summed E-state index contributed by atoms with van der Waals surface area (Å²) in [5.41, 5.74) is 5.53. The molecule has 2 fully saturated rings. The van der Waals surface area contributed by atoms with Crippen LogP contribution < -0.4 is 5.32 Å². The van der Waals surface area contributed by atoms with Crippen molar-refractivity contribution in [3.05, 3.63) is 35.0 Å². The van der Waals surface area contributed by atoms with Gasteiger partial charge in [-0.15, -0.1) is 0 Å². The molecule has 0 spiro atoms. The van der Waals surface area contributed by atoms with Crippen molar-refractivity contribution < 1.29 is 9.59 Å². The van der Waals surface area contributed by atoms with Crippen LogP contribution in [-0.2, 0) is 29.0 Å². The molecule has 142 valence electrons. The van der Waals surface area contributed by atoms with E-state index < -0.39 is 0 Å². The predicted octanol–water partition coefficient (Wildman–Crippen LogP) is 2.57. The molecule has 1 aromatic heterocycles. The molecule has 1 aliphatic carbocycles. The standard InChI is InChI=1S/C22H27N3O2/c1-14-18(19-6-2-4-15-5-3-11-24(14)21(15)19)9-10-23-22(27)16-12-20(26)25(13-16)17-7-8-17/h2,4,6,16-17H,3,5,7-13H2,1H3,(H,23,27)/t16-/m0/s1. The van der Waals surface area contributed by atoms with E-state index in [1.54, 1.807) is 0 Å².